The van der Waals surface area contributed by atoms with E-state index >= 15 is 0 Å². The molecule has 1 saturated heterocycles. The molecule has 0 aliphatic carbocycles. The molecule has 2 aromatic rings. The summed E-state index contributed by atoms with van der Waals surface area (Å²) in [6.45, 7) is 2.37. The van der Waals surface area contributed by atoms with E-state index in [4.69, 9.17) is 10.4 Å². The minimum Gasteiger partial charge on any atom is -0.534 e. The fraction of sp³-hybridized carbons (Fsp3) is 0.381. The number of piperazine rings is 1. The van der Waals surface area contributed by atoms with Crippen molar-refractivity contribution in [2.24, 2.45) is 0 Å². The number of amides is 4. The number of rotatable bonds is 6. The van der Waals surface area contributed by atoms with Gasteiger partial charge in [-0.05, 0) is 25.0 Å². The molecular formula is C21H25BN6O8S. The smallest absolute Gasteiger partial charge is 0.534 e. The molecular weight excluding hydrogens is 507 g/mol. The number of urea groups is 1. The average Bonchev–Trinajstić information content (AvgIpc) is 3.29. The highest BCUT2D eigenvalue weighted by molar-refractivity contribution is 7.13. The zero-order chi connectivity index (χ0) is 26.9. The van der Waals surface area contributed by atoms with Gasteiger partial charge >= 0.3 is 19.1 Å². The molecule has 2 aliphatic rings. The molecule has 0 spiro atoms. The van der Waals surface area contributed by atoms with Crippen LogP contribution in [0.5, 0.6) is 5.75 Å². The molecule has 1 fully saturated rings. The lowest BCUT2D eigenvalue weighted by Crippen LogP contribution is -2.61. The van der Waals surface area contributed by atoms with Crippen molar-refractivity contribution in [2.45, 2.75) is 31.6 Å². The normalized spacial score (nSPS) is 20.1. The third-order valence-electron chi connectivity index (χ3n) is 6.12. The van der Waals surface area contributed by atoms with Gasteiger partial charge in [-0.15, -0.1) is 11.3 Å². The number of aliphatic hydroxyl groups excluding tert-OH is 1. The second-order valence-electron chi connectivity index (χ2n) is 8.40. The topological polar surface area (TPSA) is 208 Å². The number of thiazole rings is 1. The van der Waals surface area contributed by atoms with E-state index in [-0.39, 0.29) is 41.6 Å². The number of nitrogens with zero attached hydrogens (tertiary/aromatic N) is 3. The van der Waals surface area contributed by atoms with Gasteiger partial charge in [0.2, 0.25) is 12.1 Å². The number of carboxylic acid groups (broad SMARTS) is 1. The summed E-state index contributed by atoms with van der Waals surface area (Å²) in [6.07, 6.45) is -1.67. The number of likely N-dealkylation sites (N-methyl/N-ethyl adjacent to an activating group) is 1. The molecule has 14 nitrogen and oxygen atoms in total. The van der Waals surface area contributed by atoms with E-state index in [1.54, 1.807) is 13.0 Å². The van der Waals surface area contributed by atoms with Gasteiger partial charge < -0.3 is 41.2 Å². The number of hydrogen-bond acceptors (Lipinski definition) is 10. The Balaban J connectivity index is 1.52. The first kappa shape index (κ1) is 26.2. The lowest BCUT2D eigenvalue weighted by molar-refractivity contribution is -0.153. The molecule has 7 N–H and O–H groups in total. The average molecular weight is 532 g/mol. The number of aliphatic hydroxyl groups is 1. The molecule has 2 unspecified atom stereocenters. The lowest BCUT2D eigenvalue weighted by Gasteiger charge is -2.38. The second-order valence-corrected chi connectivity index (χ2v) is 9.29. The largest absolute Gasteiger partial charge is 0.547 e. The Bertz CT molecular complexity index is 1230. The Morgan fingerprint density at radius 1 is 1.35 bits per heavy atom. The maximum atomic E-state index is 13.3. The molecule has 4 amide bonds. The summed E-state index contributed by atoms with van der Waals surface area (Å²) >= 11 is 1.04. The van der Waals surface area contributed by atoms with Gasteiger partial charge in [-0.2, -0.15) is 0 Å². The lowest BCUT2D eigenvalue weighted by atomic mass is 9.72. The maximum Gasteiger partial charge on any atom is 0.547 e. The number of nitrogens with two attached hydrogens (primary N) is 1. The fourth-order valence-corrected chi connectivity index (χ4v) is 4.77. The van der Waals surface area contributed by atoms with Crippen molar-refractivity contribution in [3.8, 4) is 5.75 Å². The van der Waals surface area contributed by atoms with Crippen LogP contribution in [0.15, 0.2) is 23.6 Å². The van der Waals surface area contributed by atoms with Crippen molar-refractivity contribution in [3.63, 3.8) is 0 Å². The predicted molar refractivity (Wildman–Crippen MR) is 130 cm³/mol. The van der Waals surface area contributed by atoms with Crippen molar-refractivity contribution in [2.75, 3.05) is 25.4 Å². The van der Waals surface area contributed by atoms with E-state index in [2.05, 4.69) is 15.6 Å². The van der Waals surface area contributed by atoms with Crippen LogP contribution in [0.1, 0.15) is 34.6 Å². The number of aromatic carboxylic acids is 1. The van der Waals surface area contributed by atoms with E-state index in [0.717, 1.165) is 16.2 Å². The molecule has 4 rings (SSSR count). The van der Waals surface area contributed by atoms with Crippen molar-refractivity contribution in [1.82, 2.24) is 25.4 Å². The first-order valence-electron chi connectivity index (χ1n) is 11.4. The standard InChI is InChI=1S/C21H25BN6O8S/c1-2-27-6-7-28(18(31)17(27)30)21(34)26-14(12-9-37-20(23)24-12)16(29)25-13-8-10-4-3-5-11(19(32)33)15(10)36-22(13)35/h3-5,9,13-14,18,31,35H,2,6-8H2,1H3,(H2,23,24)(H,25,29)(H,26,34)(H,32,33)/t13-,14?,18?/m0/s1. The van der Waals surface area contributed by atoms with Crippen LogP contribution >= 0.6 is 11.3 Å². The number of nitrogen functional groups attached to an aromatic ring is 1. The minimum atomic E-state index is -1.72. The van der Waals surface area contributed by atoms with E-state index in [0.29, 0.717) is 12.1 Å². The number of fused-ring (bicyclic) bond motifs is 1. The first-order chi connectivity index (χ1) is 17.6. The van der Waals surface area contributed by atoms with Crippen LogP contribution in [0.25, 0.3) is 0 Å². The highest BCUT2D eigenvalue weighted by atomic mass is 32.1. The third-order valence-corrected chi connectivity index (χ3v) is 6.82. The van der Waals surface area contributed by atoms with Gasteiger partial charge in [0.25, 0.3) is 5.91 Å². The number of carboxylic acids is 1. The van der Waals surface area contributed by atoms with Gasteiger partial charge in [0.15, 0.2) is 11.2 Å². The van der Waals surface area contributed by atoms with Crippen LogP contribution in [0.3, 0.4) is 0 Å². The van der Waals surface area contributed by atoms with Crippen molar-refractivity contribution < 1.29 is 39.1 Å². The Morgan fingerprint density at radius 2 is 2.11 bits per heavy atom. The molecule has 0 bridgehead atoms. The van der Waals surface area contributed by atoms with Crippen LogP contribution in [0, 0.1) is 0 Å². The Labute approximate surface area is 215 Å². The number of hydrogen-bond donors (Lipinski definition) is 6. The Kier molecular flexibility index (Phi) is 7.51. The minimum absolute atomic E-state index is 0.00926. The number of anilines is 1. The number of nitrogens with one attached hydrogen (secondary N) is 2. The summed E-state index contributed by atoms with van der Waals surface area (Å²) in [6, 6.07) is 2.21. The molecule has 1 aromatic carbocycles. The number of benzene rings is 1. The molecule has 37 heavy (non-hydrogen) atoms. The van der Waals surface area contributed by atoms with Gasteiger partial charge in [0.05, 0.1) is 17.2 Å². The predicted octanol–water partition coefficient (Wildman–Crippen LogP) is -1.20. The van der Waals surface area contributed by atoms with Gasteiger partial charge in [-0.3, -0.25) is 14.5 Å². The summed E-state index contributed by atoms with van der Waals surface area (Å²) in [5.41, 5.74) is 6.16. The number of carbonyl (C=O) groups is 4. The first-order valence-corrected chi connectivity index (χ1v) is 12.2. The summed E-state index contributed by atoms with van der Waals surface area (Å²) in [5, 5.41) is 36.9. The SMILES string of the molecule is CCN1CCN(C(=O)NC(C(=O)N[C@H]2Cc3cccc(C(=O)O)c3OB2O)c2csc(N)n2)C(O)C1=O. The number of aromatic nitrogens is 1. The quantitative estimate of drug-likeness (QED) is 0.245. The molecule has 3 heterocycles. The number of carbonyl (C=O) groups excluding carboxylic acids is 3. The summed E-state index contributed by atoms with van der Waals surface area (Å²) in [4.78, 5) is 56.4. The van der Waals surface area contributed by atoms with Crippen molar-refractivity contribution in [1.29, 1.82) is 0 Å². The molecule has 3 atom stereocenters. The molecule has 0 saturated carbocycles. The van der Waals surface area contributed by atoms with Gasteiger partial charge in [-0.1, -0.05) is 12.1 Å². The Morgan fingerprint density at radius 3 is 2.76 bits per heavy atom. The van der Waals surface area contributed by atoms with Gasteiger partial charge in [-0.25, -0.2) is 14.6 Å². The Hall–Kier alpha value is -3.89. The van der Waals surface area contributed by atoms with Crippen LogP contribution in [0.4, 0.5) is 9.93 Å². The monoisotopic (exact) mass is 532 g/mol. The summed E-state index contributed by atoms with van der Waals surface area (Å²) in [5.74, 6) is -3.60. The van der Waals surface area contributed by atoms with E-state index < -0.39 is 49.1 Å². The van der Waals surface area contributed by atoms with Gasteiger partial charge in [0, 0.05) is 25.0 Å². The number of para-hydroxylation sites is 1. The van der Waals surface area contributed by atoms with Crippen LogP contribution in [-0.2, 0) is 16.0 Å². The fourth-order valence-electron chi connectivity index (χ4n) is 4.18. The molecule has 1 aromatic heterocycles. The third kappa shape index (κ3) is 5.30. The summed E-state index contributed by atoms with van der Waals surface area (Å²) in [7, 11) is -1.57. The molecule has 196 valence electrons. The zero-order valence-electron chi connectivity index (χ0n) is 19.7. The van der Waals surface area contributed by atoms with Crippen LogP contribution in [0.2, 0.25) is 0 Å². The van der Waals surface area contributed by atoms with Crippen molar-refractivity contribution in [3.05, 3.63) is 40.4 Å². The van der Waals surface area contributed by atoms with E-state index in [9.17, 15) is 34.4 Å². The zero-order valence-corrected chi connectivity index (χ0v) is 20.5. The highest BCUT2D eigenvalue weighted by Crippen LogP contribution is 2.30. The highest BCUT2D eigenvalue weighted by Gasteiger charge is 2.41. The molecule has 0 radical (unpaired) electrons. The van der Waals surface area contributed by atoms with E-state index in [1.807, 2.05) is 0 Å². The van der Waals surface area contributed by atoms with Crippen LogP contribution in [-0.4, -0.2) is 92.8 Å². The molecule has 16 heteroatoms. The van der Waals surface area contributed by atoms with E-state index in [1.165, 1.54) is 22.4 Å². The molecule has 2 aliphatic heterocycles. The summed E-state index contributed by atoms with van der Waals surface area (Å²) < 4.78 is 5.41. The second kappa shape index (κ2) is 10.6. The maximum absolute atomic E-state index is 13.3. The van der Waals surface area contributed by atoms with Crippen LogP contribution < -0.4 is 21.0 Å². The van der Waals surface area contributed by atoms with Crippen molar-refractivity contribution >= 4 is 47.4 Å². The van der Waals surface area contributed by atoms with Gasteiger partial charge in [0.1, 0.15) is 5.75 Å².